The Balaban J connectivity index is 4.03. The zero-order valence-corrected chi connectivity index (χ0v) is 17.0. The minimum absolute atomic E-state index is 0.274. The predicted octanol–water partition coefficient (Wildman–Crippen LogP) is 5.82. The van der Waals surface area contributed by atoms with Crippen molar-refractivity contribution in [1.29, 1.82) is 0 Å². The molecular formula is C21H40O3. The molecule has 0 aliphatic rings. The van der Waals surface area contributed by atoms with Crippen molar-refractivity contribution in [3.05, 3.63) is 24.3 Å². The van der Waals surface area contributed by atoms with Gasteiger partial charge < -0.3 is 4.74 Å². The molecule has 24 heavy (non-hydrogen) atoms. The normalized spacial score (nSPS) is 18.8. The van der Waals surface area contributed by atoms with Gasteiger partial charge in [-0.1, -0.05) is 65.3 Å². The van der Waals surface area contributed by atoms with Gasteiger partial charge >= 0.3 is 0 Å². The molecular weight excluding hydrogens is 300 g/mol. The number of hydrogen-bond acceptors (Lipinski definition) is 3. The van der Waals surface area contributed by atoms with Crippen molar-refractivity contribution < 1.29 is 14.5 Å². The second-order valence-corrected chi connectivity index (χ2v) is 7.03. The van der Waals surface area contributed by atoms with E-state index in [2.05, 4.69) is 59.8 Å². The van der Waals surface area contributed by atoms with Crippen LogP contribution in [0.1, 0.15) is 60.8 Å². The van der Waals surface area contributed by atoms with Crippen LogP contribution in [0.2, 0.25) is 0 Å². The van der Waals surface area contributed by atoms with E-state index in [-0.39, 0.29) is 6.10 Å². The van der Waals surface area contributed by atoms with Crippen molar-refractivity contribution >= 4 is 0 Å². The summed E-state index contributed by atoms with van der Waals surface area (Å²) in [6.07, 6.45) is 12.0. The van der Waals surface area contributed by atoms with Gasteiger partial charge in [-0.25, -0.2) is 9.78 Å². The molecule has 3 nitrogen and oxygen atoms in total. The highest BCUT2D eigenvalue weighted by molar-refractivity contribution is 4.85. The first-order valence-corrected chi connectivity index (χ1v) is 9.52. The maximum absolute atomic E-state index is 5.77. The van der Waals surface area contributed by atoms with Gasteiger partial charge in [0.2, 0.25) is 0 Å². The van der Waals surface area contributed by atoms with Crippen molar-refractivity contribution in [2.75, 3.05) is 20.3 Å². The highest BCUT2D eigenvalue weighted by Crippen LogP contribution is 2.27. The van der Waals surface area contributed by atoms with Crippen LogP contribution in [0.3, 0.4) is 0 Å². The minimum Gasteiger partial charge on any atom is -0.381 e. The topological polar surface area (TPSA) is 27.7 Å². The molecule has 3 heteroatoms. The van der Waals surface area contributed by atoms with Gasteiger partial charge in [-0.15, -0.1) is 0 Å². The van der Waals surface area contributed by atoms with E-state index in [0.29, 0.717) is 36.9 Å². The van der Waals surface area contributed by atoms with Crippen LogP contribution < -0.4 is 0 Å². The summed E-state index contributed by atoms with van der Waals surface area (Å²) in [5, 5.41) is 0. The van der Waals surface area contributed by atoms with Crippen LogP contribution in [-0.4, -0.2) is 26.4 Å². The molecule has 0 spiro atoms. The first-order chi connectivity index (χ1) is 11.5. The third kappa shape index (κ3) is 10.3. The lowest BCUT2D eigenvalue weighted by molar-refractivity contribution is -0.288. The van der Waals surface area contributed by atoms with Gasteiger partial charge in [0.1, 0.15) is 6.61 Å². The van der Waals surface area contributed by atoms with E-state index in [1.54, 1.807) is 0 Å². The van der Waals surface area contributed by atoms with Crippen molar-refractivity contribution in [1.82, 2.24) is 0 Å². The monoisotopic (exact) mass is 340 g/mol. The Kier molecular flexibility index (Phi) is 14.3. The third-order valence-electron chi connectivity index (χ3n) is 5.01. The molecule has 5 atom stereocenters. The van der Waals surface area contributed by atoms with E-state index in [0.717, 1.165) is 19.3 Å². The quantitative estimate of drug-likeness (QED) is 0.173. The molecule has 142 valence electrons. The molecule has 0 heterocycles. The average Bonchev–Trinajstić information content (AvgIpc) is 2.58. The van der Waals surface area contributed by atoms with Crippen LogP contribution in [0, 0.1) is 23.7 Å². The lowest BCUT2D eigenvalue weighted by atomic mass is 9.82. The third-order valence-corrected chi connectivity index (χ3v) is 5.01. The van der Waals surface area contributed by atoms with Crippen LogP contribution in [0.15, 0.2) is 24.3 Å². The fourth-order valence-electron chi connectivity index (χ4n) is 2.84. The zero-order valence-electron chi connectivity index (χ0n) is 17.0. The summed E-state index contributed by atoms with van der Waals surface area (Å²) < 4.78 is 5.77. The lowest BCUT2D eigenvalue weighted by Crippen LogP contribution is -2.32. The van der Waals surface area contributed by atoms with E-state index in [4.69, 9.17) is 14.5 Å². The molecule has 0 aromatic rings. The highest BCUT2D eigenvalue weighted by atomic mass is 17.2. The number of rotatable bonds is 14. The summed E-state index contributed by atoms with van der Waals surface area (Å²) in [4.78, 5) is 10.5. The Hall–Kier alpha value is -0.640. The van der Waals surface area contributed by atoms with Gasteiger partial charge in [0.15, 0.2) is 0 Å². The fourth-order valence-corrected chi connectivity index (χ4v) is 2.84. The molecule has 0 bridgehead atoms. The number of methoxy groups -OCH3 is 1. The summed E-state index contributed by atoms with van der Waals surface area (Å²) in [6.45, 7) is 14.4. The summed E-state index contributed by atoms with van der Waals surface area (Å²) >= 11 is 0. The average molecular weight is 341 g/mol. The lowest BCUT2D eigenvalue weighted by Gasteiger charge is -2.32. The summed E-state index contributed by atoms with van der Waals surface area (Å²) in [6, 6.07) is 0. The minimum atomic E-state index is 0.274. The fraction of sp³-hybridized carbons (Fsp3) is 0.810. The van der Waals surface area contributed by atoms with Crippen molar-refractivity contribution in [2.24, 2.45) is 23.7 Å². The van der Waals surface area contributed by atoms with Crippen LogP contribution in [0.4, 0.5) is 0 Å². The van der Waals surface area contributed by atoms with Gasteiger partial charge in [0, 0.05) is 7.11 Å². The summed E-state index contributed by atoms with van der Waals surface area (Å²) in [5.41, 5.74) is 0. The largest absolute Gasteiger partial charge is 0.381 e. The number of ether oxygens (including phenoxy) is 1. The molecule has 0 aromatic carbocycles. The second kappa shape index (κ2) is 14.7. The van der Waals surface area contributed by atoms with Gasteiger partial charge in [0.05, 0.1) is 12.7 Å². The molecule has 0 N–H and O–H groups in total. The molecule has 0 aliphatic heterocycles. The first-order valence-electron chi connectivity index (χ1n) is 9.52. The summed E-state index contributed by atoms with van der Waals surface area (Å²) in [7, 11) is 1.82. The maximum atomic E-state index is 5.77. The van der Waals surface area contributed by atoms with E-state index < -0.39 is 0 Å². The van der Waals surface area contributed by atoms with Crippen molar-refractivity contribution in [3.8, 4) is 0 Å². The molecule has 0 aromatic heterocycles. The molecule has 0 amide bonds. The van der Waals surface area contributed by atoms with Crippen LogP contribution in [-0.2, 0) is 14.5 Å². The molecule has 0 saturated heterocycles. The number of allylic oxidation sites excluding steroid dienone is 3. The van der Waals surface area contributed by atoms with E-state index in [9.17, 15) is 0 Å². The Morgan fingerprint density at radius 3 is 2.25 bits per heavy atom. The smallest absolute Gasteiger partial charge is 0.100 e. The standard InChI is InChI=1S/C21H40O3/c1-8-10-13-19(5)21(22-7)20(6)18(4)14-16-24-23-15-11-12-17(3)9-2/h8,10-12,17-21H,9,13-16H2,1-7H3/b10-8+,12-11-/t17-,18-,19+,20+,21-/m1/s1. The Morgan fingerprint density at radius 1 is 0.958 bits per heavy atom. The number of hydrogen-bond donors (Lipinski definition) is 0. The van der Waals surface area contributed by atoms with Crippen molar-refractivity contribution in [3.63, 3.8) is 0 Å². The predicted molar refractivity (Wildman–Crippen MR) is 103 cm³/mol. The van der Waals surface area contributed by atoms with E-state index in [1.807, 2.05) is 13.2 Å². The Bertz CT molecular complexity index is 338. The van der Waals surface area contributed by atoms with Gasteiger partial charge in [-0.3, -0.25) is 0 Å². The van der Waals surface area contributed by atoms with Crippen LogP contribution >= 0.6 is 0 Å². The van der Waals surface area contributed by atoms with Gasteiger partial charge in [-0.05, 0) is 43.4 Å². The van der Waals surface area contributed by atoms with Crippen molar-refractivity contribution in [2.45, 2.75) is 66.9 Å². The van der Waals surface area contributed by atoms with Crippen LogP contribution in [0.5, 0.6) is 0 Å². The molecule has 0 fully saturated rings. The van der Waals surface area contributed by atoms with Gasteiger partial charge in [0.25, 0.3) is 0 Å². The first kappa shape index (κ1) is 23.4. The molecule has 0 unspecified atom stereocenters. The molecule has 0 radical (unpaired) electrons. The second-order valence-electron chi connectivity index (χ2n) is 7.03. The van der Waals surface area contributed by atoms with E-state index in [1.165, 1.54) is 0 Å². The SMILES string of the molecule is C/C=C/C[C@H](C)[C@@H](OC)[C@@H](C)[C@H](C)CCOOC/C=C\[C@H](C)CC. The molecule has 0 saturated carbocycles. The maximum Gasteiger partial charge on any atom is 0.100 e. The van der Waals surface area contributed by atoms with Gasteiger partial charge in [-0.2, -0.15) is 0 Å². The van der Waals surface area contributed by atoms with Crippen LogP contribution in [0.25, 0.3) is 0 Å². The van der Waals surface area contributed by atoms with E-state index >= 15 is 0 Å². The molecule has 0 rings (SSSR count). The Morgan fingerprint density at radius 2 is 1.67 bits per heavy atom. The molecule has 0 aliphatic carbocycles. The summed E-state index contributed by atoms with van der Waals surface area (Å²) in [5.74, 6) is 2.14. The Labute approximate surface area is 150 Å². The highest BCUT2D eigenvalue weighted by Gasteiger charge is 2.26. The zero-order chi connectivity index (χ0) is 18.4.